The molecule has 1 aromatic rings. The van der Waals surface area contributed by atoms with Crippen LogP contribution in [-0.2, 0) is 9.47 Å². The first-order chi connectivity index (χ1) is 12.0. The van der Waals surface area contributed by atoms with E-state index >= 15 is 0 Å². The summed E-state index contributed by atoms with van der Waals surface area (Å²) in [6.07, 6.45) is 7.44. The predicted molar refractivity (Wildman–Crippen MR) is 101 cm³/mol. The standard InChI is InChI=1S/C21H32O4/c1-16(2)13-18-15-21(3,10-12-24-18)25-11-6-7-17-8-9-19(22-4)20(14-17)23-5/h6-9,14,16,18H,10-13,15H2,1-5H3/b7-6+. The molecule has 0 amide bonds. The zero-order valence-electron chi connectivity index (χ0n) is 16.2. The molecule has 1 aromatic carbocycles. The molecule has 1 aliphatic rings. The maximum atomic E-state index is 6.18. The maximum absolute atomic E-state index is 6.18. The summed E-state index contributed by atoms with van der Waals surface area (Å²) in [5.41, 5.74) is 0.968. The summed E-state index contributed by atoms with van der Waals surface area (Å²) in [6, 6.07) is 5.88. The molecular weight excluding hydrogens is 316 g/mol. The molecule has 0 spiro atoms. The largest absolute Gasteiger partial charge is 0.493 e. The minimum Gasteiger partial charge on any atom is -0.493 e. The van der Waals surface area contributed by atoms with E-state index in [-0.39, 0.29) is 5.60 Å². The van der Waals surface area contributed by atoms with Gasteiger partial charge in [0.1, 0.15) is 0 Å². The average Bonchev–Trinajstić information content (AvgIpc) is 2.58. The Balaban J connectivity index is 1.87. The SMILES string of the molecule is COc1ccc(/C=C/COC2(C)CCOC(CC(C)C)C2)cc1OC. The molecule has 25 heavy (non-hydrogen) atoms. The lowest BCUT2D eigenvalue weighted by molar-refractivity contribution is -0.126. The van der Waals surface area contributed by atoms with Crippen molar-refractivity contribution in [3.05, 3.63) is 29.8 Å². The summed E-state index contributed by atoms with van der Waals surface area (Å²) in [4.78, 5) is 0. The van der Waals surface area contributed by atoms with E-state index in [2.05, 4.69) is 32.9 Å². The fourth-order valence-corrected chi connectivity index (χ4v) is 3.28. The topological polar surface area (TPSA) is 36.9 Å². The van der Waals surface area contributed by atoms with Gasteiger partial charge in [-0.1, -0.05) is 32.1 Å². The van der Waals surface area contributed by atoms with Crippen molar-refractivity contribution >= 4 is 6.08 Å². The number of methoxy groups -OCH3 is 2. The van der Waals surface area contributed by atoms with E-state index in [9.17, 15) is 0 Å². The number of hydrogen-bond donors (Lipinski definition) is 0. The van der Waals surface area contributed by atoms with Crippen molar-refractivity contribution in [1.29, 1.82) is 0 Å². The van der Waals surface area contributed by atoms with Gasteiger partial charge in [-0.2, -0.15) is 0 Å². The lowest BCUT2D eigenvalue weighted by Gasteiger charge is -2.38. The summed E-state index contributed by atoms with van der Waals surface area (Å²) < 4.78 is 22.7. The smallest absolute Gasteiger partial charge is 0.161 e. The minimum atomic E-state index is -0.0975. The van der Waals surface area contributed by atoms with Gasteiger partial charge in [-0.15, -0.1) is 0 Å². The lowest BCUT2D eigenvalue weighted by Crippen LogP contribution is -2.41. The Hall–Kier alpha value is -1.52. The number of benzene rings is 1. The first kappa shape index (κ1) is 19.8. The van der Waals surface area contributed by atoms with Crippen LogP contribution in [0.1, 0.15) is 45.6 Å². The molecule has 140 valence electrons. The van der Waals surface area contributed by atoms with E-state index in [4.69, 9.17) is 18.9 Å². The van der Waals surface area contributed by atoms with Crippen molar-refractivity contribution in [2.75, 3.05) is 27.4 Å². The second-order valence-corrected chi connectivity index (χ2v) is 7.35. The van der Waals surface area contributed by atoms with Gasteiger partial charge in [-0.05, 0) is 43.4 Å². The summed E-state index contributed by atoms with van der Waals surface area (Å²) in [7, 11) is 3.29. The minimum absolute atomic E-state index is 0.0975. The van der Waals surface area contributed by atoms with E-state index in [0.717, 1.165) is 42.9 Å². The van der Waals surface area contributed by atoms with E-state index < -0.39 is 0 Å². The lowest BCUT2D eigenvalue weighted by atomic mass is 9.88. The van der Waals surface area contributed by atoms with Gasteiger partial charge in [0.2, 0.25) is 0 Å². The molecule has 2 rings (SSSR count). The molecule has 4 nitrogen and oxygen atoms in total. The van der Waals surface area contributed by atoms with E-state index in [0.29, 0.717) is 18.6 Å². The highest BCUT2D eigenvalue weighted by atomic mass is 16.5. The van der Waals surface area contributed by atoms with Crippen molar-refractivity contribution in [3.63, 3.8) is 0 Å². The van der Waals surface area contributed by atoms with Crippen LogP contribution >= 0.6 is 0 Å². The second-order valence-electron chi connectivity index (χ2n) is 7.35. The Labute approximate surface area is 152 Å². The second kappa shape index (κ2) is 9.25. The Kier molecular flexibility index (Phi) is 7.33. The average molecular weight is 348 g/mol. The van der Waals surface area contributed by atoms with Crippen molar-refractivity contribution < 1.29 is 18.9 Å². The molecule has 0 bridgehead atoms. The molecular formula is C21H32O4. The zero-order valence-corrected chi connectivity index (χ0v) is 16.2. The molecule has 1 aliphatic heterocycles. The predicted octanol–water partition coefficient (Wildman–Crippen LogP) is 4.72. The summed E-state index contributed by atoms with van der Waals surface area (Å²) in [5, 5.41) is 0. The maximum Gasteiger partial charge on any atom is 0.161 e. The van der Waals surface area contributed by atoms with Crippen LogP contribution in [0.25, 0.3) is 6.08 Å². The van der Waals surface area contributed by atoms with Gasteiger partial charge >= 0.3 is 0 Å². The summed E-state index contributed by atoms with van der Waals surface area (Å²) >= 11 is 0. The molecule has 1 fully saturated rings. The first-order valence-corrected chi connectivity index (χ1v) is 9.10. The van der Waals surface area contributed by atoms with Crippen LogP contribution in [0, 0.1) is 5.92 Å². The summed E-state index contributed by atoms with van der Waals surface area (Å²) in [6.45, 7) is 8.06. The molecule has 4 heteroatoms. The summed E-state index contributed by atoms with van der Waals surface area (Å²) in [5.74, 6) is 2.12. The van der Waals surface area contributed by atoms with Crippen molar-refractivity contribution in [2.45, 2.75) is 51.7 Å². The van der Waals surface area contributed by atoms with E-state index in [1.165, 1.54) is 0 Å². The van der Waals surface area contributed by atoms with Crippen LogP contribution in [0.3, 0.4) is 0 Å². The zero-order chi connectivity index (χ0) is 18.3. The van der Waals surface area contributed by atoms with Crippen LogP contribution < -0.4 is 9.47 Å². The monoisotopic (exact) mass is 348 g/mol. The highest BCUT2D eigenvalue weighted by molar-refractivity contribution is 5.55. The van der Waals surface area contributed by atoms with Crippen LogP contribution in [0.5, 0.6) is 11.5 Å². The van der Waals surface area contributed by atoms with Gasteiger partial charge in [-0.25, -0.2) is 0 Å². The van der Waals surface area contributed by atoms with Gasteiger partial charge < -0.3 is 18.9 Å². The highest BCUT2D eigenvalue weighted by Gasteiger charge is 2.33. The fraction of sp³-hybridized carbons (Fsp3) is 0.619. The van der Waals surface area contributed by atoms with Crippen molar-refractivity contribution in [2.24, 2.45) is 5.92 Å². The van der Waals surface area contributed by atoms with Crippen LogP contribution in [0.15, 0.2) is 24.3 Å². The molecule has 2 atom stereocenters. The molecule has 2 unspecified atom stereocenters. The quantitative estimate of drug-likeness (QED) is 0.681. The van der Waals surface area contributed by atoms with E-state index in [1.54, 1.807) is 14.2 Å². The van der Waals surface area contributed by atoms with Crippen molar-refractivity contribution in [1.82, 2.24) is 0 Å². The Morgan fingerprint density at radius 2 is 2.00 bits per heavy atom. The third-order valence-corrected chi connectivity index (χ3v) is 4.62. The first-order valence-electron chi connectivity index (χ1n) is 9.10. The Bertz CT molecular complexity index is 567. The van der Waals surface area contributed by atoms with Crippen LogP contribution in [0.2, 0.25) is 0 Å². The van der Waals surface area contributed by atoms with Crippen LogP contribution in [0.4, 0.5) is 0 Å². The van der Waals surface area contributed by atoms with Crippen LogP contribution in [-0.4, -0.2) is 39.1 Å². The molecule has 0 saturated carbocycles. The molecule has 1 saturated heterocycles. The van der Waals surface area contributed by atoms with E-state index in [1.807, 2.05) is 18.2 Å². The number of hydrogen-bond acceptors (Lipinski definition) is 4. The highest BCUT2D eigenvalue weighted by Crippen LogP contribution is 2.31. The molecule has 0 radical (unpaired) electrons. The normalized spacial score (nSPS) is 24.0. The fourth-order valence-electron chi connectivity index (χ4n) is 3.28. The molecule has 0 aliphatic carbocycles. The molecule has 0 aromatic heterocycles. The van der Waals surface area contributed by atoms with Gasteiger partial charge in [0.25, 0.3) is 0 Å². The Morgan fingerprint density at radius 3 is 2.68 bits per heavy atom. The van der Waals surface area contributed by atoms with Gasteiger partial charge in [0, 0.05) is 13.0 Å². The van der Waals surface area contributed by atoms with Gasteiger partial charge in [-0.3, -0.25) is 0 Å². The van der Waals surface area contributed by atoms with Crippen molar-refractivity contribution in [3.8, 4) is 11.5 Å². The third kappa shape index (κ3) is 6.05. The van der Waals surface area contributed by atoms with Gasteiger partial charge in [0.15, 0.2) is 11.5 Å². The van der Waals surface area contributed by atoms with Gasteiger partial charge in [0.05, 0.1) is 32.5 Å². The molecule has 1 heterocycles. The Morgan fingerprint density at radius 1 is 1.24 bits per heavy atom. The number of ether oxygens (including phenoxy) is 4. The molecule has 0 N–H and O–H groups in total. The third-order valence-electron chi connectivity index (χ3n) is 4.62. The number of rotatable bonds is 8.